The SMILES string of the molecule is COc1ccc(-c2sc(C(=O)C3CCCCC3)cc2CC(=O)O)cc1. The normalized spacial score (nSPS) is 15.1. The van der Waals surface area contributed by atoms with Crippen molar-refractivity contribution in [1.82, 2.24) is 0 Å². The number of hydrogen-bond donors (Lipinski definition) is 1. The van der Waals surface area contributed by atoms with Gasteiger partial charge >= 0.3 is 5.97 Å². The van der Waals surface area contributed by atoms with Crippen molar-refractivity contribution in [3.63, 3.8) is 0 Å². The molecule has 1 aromatic carbocycles. The molecule has 1 fully saturated rings. The summed E-state index contributed by atoms with van der Waals surface area (Å²) in [4.78, 5) is 25.6. The third kappa shape index (κ3) is 4.10. The fourth-order valence-corrected chi connectivity index (χ4v) is 4.60. The van der Waals surface area contributed by atoms with E-state index in [1.54, 1.807) is 13.2 Å². The standard InChI is InChI=1S/C20H22O4S/c1-24-16-9-7-14(8-10-16)20-15(12-18(21)22)11-17(25-20)19(23)13-5-3-2-4-6-13/h7-11,13H,2-6,12H2,1H3,(H,21,22). The monoisotopic (exact) mass is 358 g/mol. The Balaban J connectivity index is 1.93. The summed E-state index contributed by atoms with van der Waals surface area (Å²) >= 11 is 1.42. The number of thiophene rings is 1. The van der Waals surface area contributed by atoms with E-state index in [1.165, 1.54) is 17.8 Å². The number of aliphatic carboxylic acids is 1. The molecule has 0 radical (unpaired) electrons. The van der Waals surface area contributed by atoms with Crippen LogP contribution in [0, 0.1) is 5.92 Å². The largest absolute Gasteiger partial charge is 0.497 e. The Bertz CT molecular complexity index is 755. The molecule has 3 rings (SSSR count). The van der Waals surface area contributed by atoms with Gasteiger partial charge in [0.1, 0.15) is 5.75 Å². The Kier molecular flexibility index (Phi) is 5.53. The van der Waals surface area contributed by atoms with E-state index in [9.17, 15) is 14.7 Å². The zero-order valence-electron chi connectivity index (χ0n) is 14.3. The third-order valence-electron chi connectivity index (χ3n) is 4.72. The summed E-state index contributed by atoms with van der Waals surface area (Å²) in [5.41, 5.74) is 1.63. The van der Waals surface area contributed by atoms with Crippen molar-refractivity contribution in [3.05, 3.63) is 40.8 Å². The van der Waals surface area contributed by atoms with Crippen LogP contribution in [-0.4, -0.2) is 24.0 Å². The summed E-state index contributed by atoms with van der Waals surface area (Å²) in [6.07, 6.45) is 5.24. The summed E-state index contributed by atoms with van der Waals surface area (Å²) in [7, 11) is 1.61. The number of carboxylic acids is 1. The highest BCUT2D eigenvalue weighted by Gasteiger charge is 2.25. The van der Waals surface area contributed by atoms with Crippen molar-refractivity contribution in [3.8, 4) is 16.2 Å². The highest BCUT2D eigenvalue weighted by atomic mass is 32.1. The molecule has 1 aromatic heterocycles. The minimum absolute atomic E-state index is 0.0736. The summed E-state index contributed by atoms with van der Waals surface area (Å²) in [6.45, 7) is 0. The molecule has 2 aromatic rings. The first kappa shape index (κ1) is 17.7. The van der Waals surface area contributed by atoms with E-state index in [1.807, 2.05) is 24.3 Å². The Hall–Kier alpha value is -2.14. The molecule has 0 atom stereocenters. The van der Waals surface area contributed by atoms with Gasteiger partial charge in [0.05, 0.1) is 18.4 Å². The van der Waals surface area contributed by atoms with Gasteiger partial charge in [0.2, 0.25) is 0 Å². The van der Waals surface area contributed by atoms with E-state index in [2.05, 4.69) is 0 Å². The number of ketones is 1. The molecule has 132 valence electrons. The van der Waals surface area contributed by atoms with Crippen LogP contribution in [0.3, 0.4) is 0 Å². The lowest BCUT2D eigenvalue weighted by Crippen LogP contribution is -2.16. The molecule has 0 amide bonds. The van der Waals surface area contributed by atoms with Gasteiger partial charge in [0, 0.05) is 10.8 Å². The molecule has 1 heterocycles. The molecule has 0 saturated heterocycles. The summed E-state index contributed by atoms with van der Waals surface area (Å²) in [6, 6.07) is 9.30. The molecule has 0 bridgehead atoms. The second kappa shape index (κ2) is 7.83. The second-order valence-corrected chi connectivity index (χ2v) is 7.52. The first-order valence-corrected chi connectivity index (χ1v) is 9.43. The minimum atomic E-state index is -0.885. The van der Waals surface area contributed by atoms with Crippen LogP contribution in [0.25, 0.3) is 10.4 Å². The van der Waals surface area contributed by atoms with E-state index in [0.29, 0.717) is 10.4 Å². The molecule has 1 N–H and O–H groups in total. The van der Waals surface area contributed by atoms with Gasteiger partial charge in [0.15, 0.2) is 5.78 Å². The molecule has 4 nitrogen and oxygen atoms in total. The number of hydrogen-bond acceptors (Lipinski definition) is 4. The topological polar surface area (TPSA) is 63.6 Å². The van der Waals surface area contributed by atoms with Gasteiger partial charge in [-0.1, -0.05) is 19.3 Å². The minimum Gasteiger partial charge on any atom is -0.497 e. The lowest BCUT2D eigenvalue weighted by Gasteiger charge is -2.19. The predicted octanol–water partition coefficient (Wildman–Crippen LogP) is 4.81. The van der Waals surface area contributed by atoms with Gasteiger partial charge < -0.3 is 9.84 Å². The van der Waals surface area contributed by atoms with Crippen LogP contribution in [0.2, 0.25) is 0 Å². The van der Waals surface area contributed by atoms with Gasteiger partial charge in [-0.2, -0.15) is 0 Å². The zero-order chi connectivity index (χ0) is 17.8. The number of carboxylic acid groups (broad SMARTS) is 1. The van der Waals surface area contributed by atoms with Gasteiger partial charge in [-0.15, -0.1) is 11.3 Å². The van der Waals surface area contributed by atoms with Crippen molar-refractivity contribution in [2.24, 2.45) is 5.92 Å². The quantitative estimate of drug-likeness (QED) is 0.752. The maximum absolute atomic E-state index is 12.8. The molecule has 0 aliphatic heterocycles. The van der Waals surface area contributed by atoms with Crippen LogP contribution in [0.15, 0.2) is 30.3 Å². The van der Waals surface area contributed by atoms with Crippen LogP contribution in [0.4, 0.5) is 0 Å². The first-order chi connectivity index (χ1) is 12.1. The highest BCUT2D eigenvalue weighted by molar-refractivity contribution is 7.17. The van der Waals surface area contributed by atoms with E-state index in [4.69, 9.17) is 4.74 Å². The maximum Gasteiger partial charge on any atom is 0.307 e. The van der Waals surface area contributed by atoms with Crippen molar-refractivity contribution < 1.29 is 19.4 Å². The average Bonchev–Trinajstić information content (AvgIpc) is 3.05. The molecular weight excluding hydrogens is 336 g/mol. The number of carbonyl (C=O) groups excluding carboxylic acids is 1. The number of rotatable bonds is 6. The molecule has 25 heavy (non-hydrogen) atoms. The summed E-state index contributed by atoms with van der Waals surface area (Å²) in [5.74, 6) is 0.132. The summed E-state index contributed by atoms with van der Waals surface area (Å²) < 4.78 is 5.18. The van der Waals surface area contributed by atoms with Gasteiger partial charge in [-0.05, 0) is 54.3 Å². The van der Waals surface area contributed by atoms with Crippen LogP contribution >= 0.6 is 11.3 Å². The van der Waals surface area contributed by atoms with Crippen LogP contribution in [0.1, 0.15) is 47.3 Å². The van der Waals surface area contributed by atoms with Crippen LogP contribution in [-0.2, 0) is 11.2 Å². The lowest BCUT2D eigenvalue weighted by atomic mass is 9.85. The van der Waals surface area contributed by atoms with E-state index < -0.39 is 5.97 Å². The Morgan fingerprint density at radius 1 is 1.16 bits per heavy atom. The first-order valence-electron chi connectivity index (χ1n) is 8.61. The molecule has 1 aliphatic carbocycles. The Labute approximate surface area is 151 Å². The molecule has 1 saturated carbocycles. The molecule has 0 unspecified atom stereocenters. The number of Topliss-reactive ketones (excluding diaryl/α,β-unsaturated/α-hetero) is 1. The van der Waals surface area contributed by atoms with E-state index in [0.717, 1.165) is 41.9 Å². The smallest absolute Gasteiger partial charge is 0.307 e. The Morgan fingerprint density at radius 2 is 1.84 bits per heavy atom. The second-order valence-electron chi connectivity index (χ2n) is 6.46. The Morgan fingerprint density at radius 3 is 2.44 bits per heavy atom. The molecular formula is C20H22O4S. The number of methoxy groups -OCH3 is 1. The predicted molar refractivity (Wildman–Crippen MR) is 98.6 cm³/mol. The maximum atomic E-state index is 12.8. The number of carbonyl (C=O) groups is 2. The van der Waals surface area contributed by atoms with Crippen LogP contribution < -0.4 is 4.74 Å². The van der Waals surface area contributed by atoms with Gasteiger partial charge in [-0.25, -0.2) is 0 Å². The van der Waals surface area contributed by atoms with Gasteiger partial charge in [0.25, 0.3) is 0 Å². The fourth-order valence-electron chi connectivity index (χ4n) is 3.40. The van der Waals surface area contributed by atoms with Crippen molar-refractivity contribution in [1.29, 1.82) is 0 Å². The zero-order valence-corrected chi connectivity index (χ0v) is 15.1. The van der Waals surface area contributed by atoms with E-state index in [-0.39, 0.29) is 18.1 Å². The highest BCUT2D eigenvalue weighted by Crippen LogP contribution is 2.37. The van der Waals surface area contributed by atoms with Crippen molar-refractivity contribution in [2.45, 2.75) is 38.5 Å². The van der Waals surface area contributed by atoms with Gasteiger partial charge in [-0.3, -0.25) is 9.59 Å². The number of benzene rings is 1. The lowest BCUT2D eigenvalue weighted by molar-refractivity contribution is -0.136. The summed E-state index contributed by atoms with van der Waals surface area (Å²) in [5, 5.41) is 9.22. The molecule has 5 heteroatoms. The molecule has 1 aliphatic rings. The third-order valence-corrected chi connectivity index (χ3v) is 5.96. The molecule has 0 spiro atoms. The van der Waals surface area contributed by atoms with Crippen molar-refractivity contribution in [2.75, 3.05) is 7.11 Å². The van der Waals surface area contributed by atoms with Crippen molar-refractivity contribution >= 4 is 23.1 Å². The van der Waals surface area contributed by atoms with E-state index >= 15 is 0 Å². The fraction of sp³-hybridized carbons (Fsp3) is 0.400. The number of ether oxygens (including phenoxy) is 1. The van der Waals surface area contributed by atoms with Crippen LogP contribution in [0.5, 0.6) is 5.75 Å². The average molecular weight is 358 g/mol.